The van der Waals surface area contributed by atoms with Crippen LogP contribution in [0.5, 0.6) is 0 Å². The zero-order chi connectivity index (χ0) is 11.4. The molecule has 84 valence electrons. The summed E-state index contributed by atoms with van der Waals surface area (Å²) in [5, 5.41) is 0. The quantitative estimate of drug-likeness (QED) is 0.817. The lowest BCUT2D eigenvalue weighted by Crippen LogP contribution is -2.20. The Morgan fingerprint density at radius 3 is 2.47 bits per heavy atom. The van der Waals surface area contributed by atoms with Gasteiger partial charge in [0.15, 0.2) is 11.6 Å². The lowest BCUT2D eigenvalue weighted by Gasteiger charge is -2.18. The molecule has 0 aliphatic rings. The second kappa shape index (κ2) is 5.21. The fourth-order valence-corrected chi connectivity index (χ4v) is 1.49. The van der Waals surface area contributed by atoms with Crippen LogP contribution in [0.2, 0.25) is 0 Å². The zero-order valence-electron chi connectivity index (χ0n) is 9.13. The average Bonchev–Trinajstić information content (AvgIpc) is 2.23. The summed E-state index contributed by atoms with van der Waals surface area (Å²) in [4.78, 5) is 0. The van der Waals surface area contributed by atoms with Gasteiger partial charge in [0.25, 0.3) is 0 Å². The highest BCUT2D eigenvalue weighted by atomic mass is 19.2. The second-order valence-electron chi connectivity index (χ2n) is 4.11. The summed E-state index contributed by atoms with van der Waals surface area (Å²) < 4.78 is 26.2. The minimum atomic E-state index is -0.778. The third-order valence-corrected chi connectivity index (χ3v) is 2.92. The first-order chi connectivity index (χ1) is 7.06. The highest BCUT2D eigenvalue weighted by molar-refractivity contribution is 5.19. The molecule has 2 unspecified atom stereocenters. The van der Waals surface area contributed by atoms with E-state index in [1.165, 1.54) is 6.07 Å². The van der Waals surface area contributed by atoms with Gasteiger partial charge in [0.2, 0.25) is 0 Å². The first kappa shape index (κ1) is 12.1. The minimum absolute atomic E-state index is 0.256. The van der Waals surface area contributed by atoms with Crippen molar-refractivity contribution >= 4 is 0 Å². The van der Waals surface area contributed by atoms with E-state index in [0.29, 0.717) is 24.4 Å². The van der Waals surface area contributed by atoms with Crippen molar-refractivity contribution < 1.29 is 8.78 Å². The molecule has 0 aliphatic carbocycles. The maximum absolute atomic E-state index is 13.3. The molecule has 0 saturated carbocycles. The van der Waals surface area contributed by atoms with Gasteiger partial charge in [-0.25, -0.2) is 8.78 Å². The van der Waals surface area contributed by atoms with Gasteiger partial charge in [0.1, 0.15) is 0 Å². The zero-order valence-corrected chi connectivity index (χ0v) is 9.13. The molecule has 0 aromatic heterocycles. The maximum Gasteiger partial charge on any atom is 0.162 e. The molecule has 0 amide bonds. The predicted molar refractivity (Wildman–Crippen MR) is 57.4 cm³/mol. The van der Waals surface area contributed by atoms with E-state index in [0.717, 1.165) is 6.07 Å². The van der Waals surface area contributed by atoms with Crippen LogP contribution in [0.25, 0.3) is 0 Å². The Labute approximate surface area is 89.3 Å². The first-order valence-electron chi connectivity index (χ1n) is 5.19. The summed E-state index contributed by atoms with van der Waals surface area (Å²) in [7, 11) is 0. The molecule has 2 atom stereocenters. The number of benzene rings is 1. The van der Waals surface area contributed by atoms with Gasteiger partial charge < -0.3 is 5.73 Å². The molecule has 1 aromatic carbocycles. The lowest BCUT2D eigenvalue weighted by atomic mass is 9.89. The number of rotatable bonds is 4. The van der Waals surface area contributed by atoms with E-state index in [4.69, 9.17) is 5.73 Å². The lowest BCUT2D eigenvalue weighted by molar-refractivity contribution is 0.385. The van der Waals surface area contributed by atoms with Crippen LogP contribution in [-0.2, 0) is 6.42 Å². The van der Waals surface area contributed by atoms with Crippen LogP contribution >= 0.6 is 0 Å². The highest BCUT2D eigenvalue weighted by Gasteiger charge is 2.15. The van der Waals surface area contributed by atoms with Crippen molar-refractivity contribution in [3.8, 4) is 0 Å². The minimum Gasteiger partial charge on any atom is -0.330 e. The Bertz CT molecular complexity index is 325. The third-order valence-electron chi connectivity index (χ3n) is 2.92. The maximum atomic E-state index is 13.3. The Kier molecular flexibility index (Phi) is 4.21. The Hall–Kier alpha value is -0.960. The standard InChI is InChI=1S/C12H17F2N/c1-8(9(2)7-15)6-10-4-3-5-11(13)12(10)14/h3-5,8-9H,6-7,15H2,1-2H3. The topological polar surface area (TPSA) is 26.0 Å². The fourth-order valence-electron chi connectivity index (χ4n) is 1.49. The van der Waals surface area contributed by atoms with Gasteiger partial charge in [-0.2, -0.15) is 0 Å². The van der Waals surface area contributed by atoms with E-state index in [1.54, 1.807) is 6.07 Å². The van der Waals surface area contributed by atoms with Crippen LogP contribution in [0.15, 0.2) is 18.2 Å². The van der Waals surface area contributed by atoms with Crippen molar-refractivity contribution in [2.45, 2.75) is 20.3 Å². The third kappa shape index (κ3) is 2.99. The van der Waals surface area contributed by atoms with Gasteiger partial charge in [0, 0.05) is 0 Å². The molecule has 0 spiro atoms. The average molecular weight is 213 g/mol. The van der Waals surface area contributed by atoms with Crippen LogP contribution in [0.3, 0.4) is 0 Å². The van der Waals surface area contributed by atoms with Crippen molar-refractivity contribution in [1.29, 1.82) is 0 Å². The Balaban J connectivity index is 2.76. The van der Waals surface area contributed by atoms with E-state index >= 15 is 0 Å². The normalized spacial score (nSPS) is 15.0. The molecule has 0 radical (unpaired) electrons. The molecule has 2 N–H and O–H groups in total. The summed E-state index contributed by atoms with van der Waals surface area (Å²) in [5.41, 5.74) is 5.96. The smallest absolute Gasteiger partial charge is 0.162 e. The molecule has 1 nitrogen and oxygen atoms in total. The van der Waals surface area contributed by atoms with Gasteiger partial charge in [-0.05, 0) is 36.4 Å². The molecule has 0 saturated heterocycles. The summed E-state index contributed by atoms with van der Waals surface area (Å²) >= 11 is 0. The van der Waals surface area contributed by atoms with E-state index in [1.807, 2.05) is 13.8 Å². The molecule has 15 heavy (non-hydrogen) atoms. The monoisotopic (exact) mass is 213 g/mol. The summed E-state index contributed by atoms with van der Waals surface area (Å²) in [6.45, 7) is 4.59. The van der Waals surface area contributed by atoms with Crippen molar-refractivity contribution in [1.82, 2.24) is 0 Å². The Morgan fingerprint density at radius 2 is 1.87 bits per heavy atom. The van der Waals surface area contributed by atoms with Crippen molar-refractivity contribution in [2.24, 2.45) is 17.6 Å². The van der Waals surface area contributed by atoms with Gasteiger partial charge in [-0.1, -0.05) is 26.0 Å². The van der Waals surface area contributed by atoms with Gasteiger partial charge in [-0.15, -0.1) is 0 Å². The number of nitrogens with two attached hydrogens (primary N) is 1. The molecular formula is C12H17F2N. The molecular weight excluding hydrogens is 196 g/mol. The fraction of sp³-hybridized carbons (Fsp3) is 0.500. The van der Waals surface area contributed by atoms with E-state index in [9.17, 15) is 8.78 Å². The Morgan fingerprint density at radius 1 is 1.20 bits per heavy atom. The molecule has 0 bridgehead atoms. The van der Waals surface area contributed by atoms with Crippen LogP contribution in [-0.4, -0.2) is 6.54 Å². The van der Waals surface area contributed by atoms with Crippen molar-refractivity contribution in [3.63, 3.8) is 0 Å². The second-order valence-corrected chi connectivity index (χ2v) is 4.11. The van der Waals surface area contributed by atoms with Crippen LogP contribution in [0.4, 0.5) is 8.78 Å². The van der Waals surface area contributed by atoms with E-state index in [2.05, 4.69) is 0 Å². The van der Waals surface area contributed by atoms with Crippen LogP contribution in [0.1, 0.15) is 19.4 Å². The molecule has 0 fully saturated rings. The highest BCUT2D eigenvalue weighted by Crippen LogP contribution is 2.19. The molecule has 3 heteroatoms. The van der Waals surface area contributed by atoms with Crippen molar-refractivity contribution in [2.75, 3.05) is 6.54 Å². The first-order valence-corrected chi connectivity index (χ1v) is 5.19. The van der Waals surface area contributed by atoms with Crippen LogP contribution in [0, 0.1) is 23.5 Å². The SMILES string of the molecule is CC(CN)C(C)Cc1cccc(F)c1F. The van der Waals surface area contributed by atoms with Crippen molar-refractivity contribution in [3.05, 3.63) is 35.4 Å². The van der Waals surface area contributed by atoms with Gasteiger partial charge >= 0.3 is 0 Å². The molecule has 1 rings (SSSR count). The molecule has 0 aliphatic heterocycles. The van der Waals surface area contributed by atoms with Gasteiger partial charge in [0.05, 0.1) is 0 Å². The van der Waals surface area contributed by atoms with Crippen LogP contribution < -0.4 is 5.73 Å². The van der Waals surface area contributed by atoms with Gasteiger partial charge in [-0.3, -0.25) is 0 Å². The molecule has 0 heterocycles. The largest absolute Gasteiger partial charge is 0.330 e. The summed E-state index contributed by atoms with van der Waals surface area (Å²) in [6.07, 6.45) is 0.530. The van der Waals surface area contributed by atoms with E-state index < -0.39 is 11.6 Å². The van der Waals surface area contributed by atoms with E-state index in [-0.39, 0.29) is 5.92 Å². The summed E-state index contributed by atoms with van der Waals surface area (Å²) in [6, 6.07) is 4.29. The summed E-state index contributed by atoms with van der Waals surface area (Å²) in [5.74, 6) is -0.937. The molecule has 1 aromatic rings. The number of hydrogen-bond donors (Lipinski definition) is 1. The predicted octanol–water partition coefficient (Wildman–Crippen LogP) is 2.74. The number of halogens is 2. The number of hydrogen-bond acceptors (Lipinski definition) is 1.